The van der Waals surface area contributed by atoms with E-state index in [1.807, 2.05) is 11.8 Å². The van der Waals surface area contributed by atoms with Crippen molar-refractivity contribution in [2.45, 2.75) is 45.6 Å². The Hall–Kier alpha value is 0.310. The van der Waals surface area contributed by atoms with Gasteiger partial charge in [-0.15, -0.1) is 0 Å². The summed E-state index contributed by atoms with van der Waals surface area (Å²) in [7, 11) is 0. The van der Waals surface area contributed by atoms with E-state index in [0.29, 0.717) is 0 Å². The third-order valence-electron chi connectivity index (χ3n) is 2.08. The van der Waals surface area contributed by atoms with E-state index in [2.05, 4.69) is 25.4 Å². The van der Waals surface area contributed by atoms with Crippen molar-refractivity contribution in [2.75, 3.05) is 18.6 Å². The zero-order valence-electron chi connectivity index (χ0n) is 8.73. The highest BCUT2D eigenvalue weighted by atomic mass is 32.2. The third-order valence-corrected chi connectivity index (χ3v) is 2.77. The zero-order valence-corrected chi connectivity index (χ0v) is 9.54. The molecule has 0 bridgehead atoms. The molecule has 0 amide bonds. The van der Waals surface area contributed by atoms with Crippen LogP contribution in [0.5, 0.6) is 0 Å². The van der Waals surface area contributed by atoms with Gasteiger partial charge in [0.2, 0.25) is 0 Å². The topological polar surface area (TPSA) is 12.0 Å². The van der Waals surface area contributed by atoms with Gasteiger partial charge in [-0.2, -0.15) is 11.8 Å². The Morgan fingerprint density at radius 2 is 2.08 bits per heavy atom. The third kappa shape index (κ3) is 6.99. The molecule has 0 saturated heterocycles. The maximum atomic E-state index is 3.57. The lowest BCUT2D eigenvalue weighted by atomic mass is 10.1. The molecule has 0 fully saturated rings. The molecule has 1 N–H and O–H groups in total. The smallest absolute Gasteiger partial charge is 0.00647 e. The van der Waals surface area contributed by atoms with E-state index < -0.39 is 0 Å². The van der Waals surface area contributed by atoms with Crippen LogP contribution in [-0.2, 0) is 0 Å². The quantitative estimate of drug-likeness (QED) is 0.589. The summed E-state index contributed by atoms with van der Waals surface area (Å²) in [6.45, 7) is 5.67. The lowest BCUT2D eigenvalue weighted by molar-refractivity contribution is 0.465. The van der Waals surface area contributed by atoms with Gasteiger partial charge in [0.15, 0.2) is 0 Å². The number of hydrogen-bond acceptors (Lipinski definition) is 2. The Kier molecular flexibility index (Phi) is 9.64. The molecule has 1 atom stereocenters. The molecule has 0 rings (SSSR count). The van der Waals surface area contributed by atoms with Gasteiger partial charge in [-0.1, -0.05) is 13.8 Å². The second-order valence-corrected chi connectivity index (χ2v) is 4.18. The molecule has 0 spiro atoms. The fraction of sp³-hybridized carbons (Fsp3) is 1.00. The lowest BCUT2D eigenvalue weighted by Gasteiger charge is -2.15. The number of nitrogens with one attached hydrogen (secondary N) is 1. The largest absolute Gasteiger partial charge is 0.314 e. The Balaban J connectivity index is 3.26. The van der Waals surface area contributed by atoms with Crippen molar-refractivity contribution in [2.24, 2.45) is 0 Å². The zero-order chi connectivity index (χ0) is 9.23. The van der Waals surface area contributed by atoms with Crippen LogP contribution in [0.2, 0.25) is 0 Å². The highest BCUT2D eigenvalue weighted by molar-refractivity contribution is 7.98. The Morgan fingerprint density at radius 1 is 1.33 bits per heavy atom. The van der Waals surface area contributed by atoms with Crippen LogP contribution in [0.15, 0.2) is 0 Å². The van der Waals surface area contributed by atoms with Gasteiger partial charge in [-0.05, 0) is 44.2 Å². The van der Waals surface area contributed by atoms with Crippen molar-refractivity contribution in [1.29, 1.82) is 0 Å². The van der Waals surface area contributed by atoms with Crippen molar-refractivity contribution in [1.82, 2.24) is 5.32 Å². The summed E-state index contributed by atoms with van der Waals surface area (Å²) in [5.74, 6) is 1.31. The van der Waals surface area contributed by atoms with E-state index >= 15 is 0 Å². The van der Waals surface area contributed by atoms with Gasteiger partial charge in [0.25, 0.3) is 0 Å². The molecule has 1 nitrogen and oxygen atoms in total. The SMILES string of the molecule is CCCNC(CC)CCCSC. The summed E-state index contributed by atoms with van der Waals surface area (Å²) in [6.07, 6.45) is 7.40. The van der Waals surface area contributed by atoms with Gasteiger partial charge >= 0.3 is 0 Å². The van der Waals surface area contributed by atoms with E-state index in [1.54, 1.807) is 0 Å². The maximum absolute atomic E-state index is 3.57. The minimum absolute atomic E-state index is 0.761. The van der Waals surface area contributed by atoms with E-state index in [9.17, 15) is 0 Å². The first-order valence-corrected chi connectivity index (χ1v) is 6.46. The fourth-order valence-electron chi connectivity index (χ4n) is 1.27. The molecule has 0 saturated carbocycles. The number of rotatable bonds is 8. The van der Waals surface area contributed by atoms with Gasteiger partial charge < -0.3 is 5.32 Å². The molecule has 0 heterocycles. The molecule has 2 heteroatoms. The molecular formula is C10H23NS. The van der Waals surface area contributed by atoms with Gasteiger partial charge in [-0.25, -0.2) is 0 Å². The fourth-order valence-corrected chi connectivity index (χ4v) is 1.73. The number of hydrogen-bond donors (Lipinski definition) is 1. The summed E-state index contributed by atoms with van der Waals surface area (Å²) in [5, 5.41) is 3.57. The highest BCUT2D eigenvalue weighted by Gasteiger charge is 2.02. The second-order valence-electron chi connectivity index (χ2n) is 3.19. The first-order valence-electron chi connectivity index (χ1n) is 5.07. The molecule has 12 heavy (non-hydrogen) atoms. The average Bonchev–Trinajstić information content (AvgIpc) is 2.11. The Bertz CT molecular complexity index is 85.9. The Morgan fingerprint density at radius 3 is 2.58 bits per heavy atom. The normalized spacial score (nSPS) is 13.2. The summed E-state index contributed by atoms with van der Waals surface area (Å²) < 4.78 is 0. The molecule has 0 radical (unpaired) electrons. The van der Waals surface area contributed by atoms with E-state index in [-0.39, 0.29) is 0 Å². The van der Waals surface area contributed by atoms with E-state index in [1.165, 1.54) is 38.0 Å². The second kappa shape index (κ2) is 9.40. The van der Waals surface area contributed by atoms with Crippen LogP contribution in [0, 0.1) is 0 Å². The first kappa shape index (κ1) is 12.3. The summed E-state index contributed by atoms with van der Waals surface area (Å²) >= 11 is 1.95. The van der Waals surface area contributed by atoms with Crippen LogP contribution < -0.4 is 5.32 Å². The van der Waals surface area contributed by atoms with Crippen LogP contribution >= 0.6 is 11.8 Å². The van der Waals surface area contributed by atoms with Crippen LogP contribution in [0.4, 0.5) is 0 Å². The van der Waals surface area contributed by atoms with Crippen LogP contribution in [-0.4, -0.2) is 24.6 Å². The summed E-state index contributed by atoms with van der Waals surface area (Å²) in [5.41, 5.74) is 0. The molecule has 0 aliphatic heterocycles. The summed E-state index contributed by atoms with van der Waals surface area (Å²) in [4.78, 5) is 0. The monoisotopic (exact) mass is 189 g/mol. The van der Waals surface area contributed by atoms with Crippen molar-refractivity contribution in [3.05, 3.63) is 0 Å². The van der Waals surface area contributed by atoms with E-state index in [0.717, 1.165) is 6.04 Å². The van der Waals surface area contributed by atoms with Crippen LogP contribution in [0.3, 0.4) is 0 Å². The van der Waals surface area contributed by atoms with Crippen molar-refractivity contribution >= 4 is 11.8 Å². The van der Waals surface area contributed by atoms with Crippen molar-refractivity contribution < 1.29 is 0 Å². The van der Waals surface area contributed by atoms with Gasteiger partial charge in [0.05, 0.1) is 0 Å². The standard InChI is InChI=1S/C10H23NS/c1-4-8-11-10(5-2)7-6-9-12-3/h10-11H,4-9H2,1-3H3. The summed E-state index contributed by atoms with van der Waals surface area (Å²) in [6, 6.07) is 0.761. The van der Waals surface area contributed by atoms with E-state index in [4.69, 9.17) is 0 Å². The molecule has 0 aromatic rings. The minimum atomic E-state index is 0.761. The molecule has 74 valence electrons. The molecule has 0 aromatic carbocycles. The molecule has 0 aromatic heterocycles. The maximum Gasteiger partial charge on any atom is 0.00647 e. The van der Waals surface area contributed by atoms with Gasteiger partial charge in [0, 0.05) is 6.04 Å². The number of thioether (sulfide) groups is 1. The average molecular weight is 189 g/mol. The van der Waals surface area contributed by atoms with Crippen molar-refractivity contribution in [3.63, 3.8) is 0 Å². The van der Waals surface area contributed by atoms with Gasteiger partial charge in [-0.3, -0.25) is 0 Å². The van der Waals surface area contributed by atoms with Gasteiger partial charge in [0.1, 0.15) is 0 Å². The molecule has 0 aliphatic rings. The lowest BCUT2D eigenvalue weighted by Crippen LogP contribution is -2.29. The predicted molar refractivity (Wildman–Crippen MR) is 60.0 cm³/mol. The molecular weight excluding hydrogens is 166 g/mol. The van der Waals surface area contributed by atoms with Crippen LogP contribution in [0.1, 0.15) is 39.5 Å². The molecule has 1 unspecified atom stereocenters. The van der Waals surface area contributed by atoms with Crippen LogP contribution in [0.25, 0.3) is 0 Å². The minimum Gasteiger partial charge on any atom is -0.314 e. The molecule has 0 aliphatic carbocycles. The van der Waals surface area contributed by atoms with Crippen molar-refractivity contribution in [3.8, 4) is 0 Å². The Labute approximate surface area is 81.7 Å². The first-order chi connectivity index (χ1) is 5.85. The highest BCUT2D eigenvalue weighted by Crippen LogP contribution is 2.05. The predicted octanol–water partition coefficient (Wildman–Crippen LogP) is 2.91.